The maximum atomic E-state index is 12.0. The molecule has 1 atom stereocenters. The van der Waals surface area contributed by atoms with Crippen LogP contribution in [0.25, 0.3) is 0 Å². The first-order valence-corrected chi connectivity index (χ1v) is 7.88. The summed E-state index contributed by atoms with van der Waals surface area (Å²) in [5, 5.41) is 3.03. The minimum Gasteiger partial charge on any atom is -0.350 e. The summed E-state index contributed by atoms with van der Waals surface area (Å²) in [5.41, 5.74) is 1.12. The summed E-state index contributed by atoms with van der Waals surface area (Å²) in [6, 6.07) is 10.00. The summed E-state index contributed by atoms with van der Waals surface area (Å²) in [6.07, 6.45) is 0.497. The number of nitrogens with zero attached hydrogens (tertiary/aromatic N) is 2. The van der Waals surface area contributed by atoms with Crippen molar-refractivity contribution in [2.75, 3.05) is 32.7 Å². The number of carbonyl (C=O) groups excluding carboxylic acids is 2. The summed E-state index contributed by atoms with van der Waals surface area (Å²) in [5.74, 6) is 0.208. The van der Waals surface area contributed by atoms with Crippen molar-refractivity contribution < 1.29 is 9.59 Å². The van der Waals surface area contributed by atoms with Crippen molar-refractivity contribution in [2.24, 2.45) is 0 Å². The van der Waals surface area contributed by atoms with E-state index >= 15 is 0 Å². The Labute approximate surface area is 132 Å². The Hall–Kier alpha value is -1.88. The van der Waals surface area contributed by atoms with E-state index in [1.807, 2.05) is 42.2 Å². The fourth-order valence-corrected chi connectivity index (χ4v) is 2.68. The van der Waals surface area contributed by atoms with Crippen LogP contribution in [-0.4, -0.2) is 54.3 Å². The molecule has 1 aliphatic heterocycles. The standard InChI is InChI=1S/C17H25N3O2/c1-14(16-6-4-3-5-7-16)18-17(22)8-9-19-10-12-20(13-11-19)15(2)21/h3-7,14H,8-13H2,1-2H3,(H,18,22). The summed E-state index contributed by atoms with van der Waals surface area (Å²) in [7, 11) is 0. The van der Waals surface area contributed by atoms with E-state index in [1.54, 1.807) is 6.92 Å². The molecule has 0 aromatic heterocycles. The highest BCUT2D eigenvalue weighted by atomic mass is 16.2. The minimum absolute atomic E-state index is 0.0308. The van der Waals surface area contributed by atoms with Gasteiger partial charge in [-0.05, 0) is 12.5 Å². The highest BCUT2D eigenvalue weighted by Gasteiger charge is 2.19. The summed E-state index contributed by atoms with van der Waals surface area (Å²) >= 11 is 0. The van der Waals surface area contributed by atoms with Crippen molar-refractivity contribution in [1.29, 1.82) is 0 Å². The Morgan fingerprint density at radius 2 is 1.77 bits per heavy atom. The molecule has 1 aromatic carbocycles. The lowest BCUT2D eigenvalue weighted by atomic mass is 10.1. The Balaban J connectivity index is 1.69. The van der Waals surface area contributed by atoms with Gasteiger partial charge in [-0.15, -0.1) is 0 Å². The van der Waals surface area contributed by atoms with Crippen molar-refractivity contribution in [3.8, 4) is 0 Å². The lowest BCUT2D eigenvalue weighted by molar-refractivity contribution is -0.131. The molecule has 1 N–H and O–H groups in total. The zero-order valence-electron chi connectivity index (χ0n) is 13.4. The molecular formula is C17H25N3O2. The fourth-order valence-electron chi connectivity index (χ4n) is 2.68. The predicted molar refractivity (Wildman–Crippen MR) is 86.3 cm³/mol. The van der Waals surface area contributed by atoms with E-state index in [2.05, 4.69) is 10.2 Å². The first-order chi connectivity index (χ1) is 10.6. The average Bonchev–Trinajstić information content (AvgIpc) is 2.54. The van der Waals surface area contributed by atoms with Crippen molar-refractivity contribution in [3.63, 3.8) is 0 Å². The first-order valence-electron chi connectivity index (χ1n) is 7.88. The van der Waals surface area contributed by atoms with Crippen LogP contribution in [0.4, 0.5) is 0 Å². The van der Waals surface area contributed by atoms with Gasteiger partial charge in [0.25, 0.3) is 0 Å². The lowest BCUT2D eigenvalue weighted by Gasteiger charge is -2.34. The molecule has 120 valence electrons. The van der Waals surface area contributed by atoms with E-state index in [0.29, 0.717) is 6.42 Å². The van der Waals surface area contributed by atoms with Crippen LogP contribution in [0.3, 0.4) is 0 Å². The quantitative estimate of drug-likeness (QED) is 0.895. The van der Waals surface area contributed by atoms with Gasteiger partial charge >= 0.3 is 0 Å². The second kappa shape index (κ2) is 7.94. The van der Waals surface area contributed by atoms with Crippen molar-refractivity contribution in [1.82, 2.24) is 15.1 Å². The van der Waals surface area contributed by atoms with E-state index in [0.717, 1.165) is 38.3 Å². The van der Waals surface area contributed by atoms with Gasteiger partial charge in [0.2, 0.25) is 11.8 Å². The number of benzene rings is 1. The molecule has 0 spiro atoms. The van der Waals surface area contributed by atoms with Crippen molar-refractivity contribution in [3.05, 3.63) is 35.9 Å². The van der Waals surface area contributed by atoms with Gasteiger partial charge in [-0.1, -0.05) is 30.3 Å². The van der Waals surface area contributed by atoms with E-state index in [-0.39, 0.29) is 17.9 Å². The molecule has 0 saturated carbocycles. The molecule has 5 heteroatoms. The largest absolute Gasteiger partial charge is 0.350 e. The number of amides is 2. The van der Waals surface area contributed by atoms with Gasteiger partial charge in [-0.25, -0.2) is 0 Å². The molecular weight excluding hydrogens is 278 g/mol. The average molecular weight is 303 g/mol. The number of nitrogens with one attached hydrogen (secondary N) is 1. The summed E-state index contributed by atoms with van der Waals surface area (Å²) in [4.78, 5) is 27.4. The third kappa shape index (κ3) is 4.84. The zero-order chi connectivity index (χ0) is 15.9. The van der Waals surface area contributed by atoms with Crippen molar-refractivity contribution in [2.45, 2.75) is 26.3 Å². The van der Waals surface area contributed by atoms with Crippen LogP contribution < -0.4 is 5.32 Å². The van der Waals surface area contributed by atoms with E-state index in [4.69, 9.17) is 0 Å². The Bertz CT molecular complexity index is 496. The normalized spacial score (nSPS) is 17.1. The van der Waals surface area contributed by atoms with Gasteiger partial charge in [-0.3, -0.25) is 14.5 Å². The van der Waals surface area contributed by atoms with Gasteiger partial charge in [0, 0.05) is 46.1 Å². The molecule has 1 saturated heterocycles. The minimum atomic E-state index is 0.0308. The molecule has 1 fully saturated rings. The van der Waals surface area contributed by atoms with Crippen LogP contribution in [0.5, 0.6) is 0 Å². The van der Waals surface area contributed by atoms with Crippen LogP contribution in [-0.2, 0) is 9.59 Å². The van der Waals surface area contributed by atoms with Crippen LogP contribution in [0, 0.1) is 0 Å². The third-order valence-corrected chi connectivity index (χ3v) is 4.15. The summed E-state index contributed by atoms with van der Waals surface area (Å²) in [6.45, 7) is 7.57. The molecule has 2 rings (SSSR count). The van der Waals surface area contributed by atoms with Gasteiger partial charge < -0.3 is 10.2 Å². The second-order valence-electron chi connectivity index (χ2n) is 5.80. The third-order valence-electron chi connectivity index (χ3n) is 4.15. The lowest BCUT2D eigenvalue weighted by Crippen LogP contribution is -2.48. The predicted octanol–water partition coefficient (Wildman–Crippen LogP) is 1.42. The van der Waals surface area contributed by atoms with Gasteiger partial charge in [0.05, 0.1) is 6.04 Å². The van der Waals surface area contributed by atoms with Crippen LogP contribution >= 0.6 is 0 Å². The monoisotopic (exact) mass is 303 g/mol. The molecule has 0 radical (unpaired) electrons. The summed E-state index contributed by atoms with van der Waals surface area (Å²) < 4.78 is 0. The highest BCUT2D eigenvalue weighted by molar-refractivity contribution is 5.76. The smallest absolute Gasteiger partial charge is 0.221 e. The number of piperazine rings is 1. The molecule has 2 amide bonds. The topological polar surface area (TPSA) is 52.7 Å². The number of hydrogen-bond donors (Lipinski definition) is 1. The number of carbonyl (C=O) groups is 2. The van der Waals surface area contributed by atoms with Crippen molar-refractivity contribution >= 4 is 11.8 Å². The highest BCUT2D eigenvalue weighted by Crippen LogP contribution is 2.11. The van der Waals surface area contributed by atoms with Gasteiger partial charge in [0.1, 0.15) is 0 Å². The maximum Gasteiger partial charge on any atom is 0.221 e. The first kappa shape index (κ1) is 16.5. The number of rotatable bonds is 5. The second-order valence-corrected chi connectivity index (χ2v) is 5.80. The zero-order valence-corrected chi connectivity index (χ0v) is 13.4. The van der Waals surface area contributed by atoms with Crippen LogP contribution in [0.2, 0.25) is 0 Å². The molecule has 0 bridgehead atoms. The molecule has 5 nitrogen and oxygen atoms in total. The van der Waals surface area contributed by atoms with Gasteiger partial charge in [-0.2, -0.15) is 0 Å². The Morgan fingerprint density at radius 1 is 1.14 bits per heavy atom. The SMILES string of the molecule is CC(=O)N1CCN(CCC(=O)NC(C)c2ccccc2)CC1. The van der Waals surface area contributed by atoms with E-state index in [1.165, 1.54) is 0 Å². The molecule has 1 aliphatic rings. The molecule has 1 unspecified atom stereocenters. The van der Waals surface area contributed by atoms with E-state index in [9.17, 15) is 9.59 Å². The molecule has 22 heavy (non-hydrogen) atoms. The van der Waals surface area contributed by atoms with Crippen LogP contribution in [0.15, 0.2) is 30.3 Å². The van der Waals surface area contributed by atoms with E-state index < -0.39 is 0 Å². The van der Waals surface area contributed by atoms with Crippen LogP contribution in [0.1, 0.15) is 31.9 Å². The molecule has 0 aliphatic carbocycles. The fraction of sp³-hybridized carbons (Fsp3) is 0.529. The van der Waals surface area contributed by atoms with Gasteiger partial charge in [0.15, 0.2) is 0 Å². The molecule has 1 aromatic rings. The Morgan fingerprint density at radius 3 is 2.36 bits per heavy atom. The Kier molecular flexibility index (Phi) is 5.95. The maximum absolute atomic E-state index is 12.0. The number of hydrogen-bond acceptors (Lipinski definition) is 3. The molecule has 1 heterocycles.